The van der Waals surface area contributed by atoms with E-state index in [0.717, 1.165) is 18.4 Å². The van der Waals surface area contributed by atoms with Crippen LogP contribution in [-0.2, 0) is 4.74 Å². The fourth-order valence-corrected chi connectivity index (χ4v) is 2.64. The number of hydrogen-bond donors (Lipinski definition) is 0. The molecule has 1 nitrogen and oxygen atoms in total. The van der Waals surface area contributed by atoms with Crippen LogP contribution in [0, 0.1) is 17.3 Å². The van der Waals surface area contributed by atoms with Gasteiger partial charge in [-0.25, -0.2) is 0 Å². The summed E-state index contributed by atoms with van der Waals surface area (Å²) in [5, 5.41) is 0. The second-order valence-electron chi connectivity index (χ2n) is 5.88. The Hall–Kier alpha value is -0.0400. The molecule has 14 heavy (non-hydrogen) atoms. The van der Waals surface area contributed by atoms with E-state index in [1.807, 2.05) is 0 Å². The van der Waals surface area contributed by atoms with Crippen molar-refractivity contribution in [3.63, 3.8) is 0 Å². The number of methoxy groups -OCH3 is 1. The molecule has 1 fully saturated rings. The molecule has 0 saturated heterocycles. The molecule has 0 aromatic carbocycles. The zero-order chi connectivity index (χ0) is 10.6. The van der Waals surface area contributed by atoms with Gasteiger partial charge in [0, 0.05) is 13.7 Å². The highest BCUT2D eigenvalue weighted by molar-refractivity contribution is 4.83. The lowest BCUT2D eigenvalue weighted by molar-refractivity contribution is 0.184. The van der Waals surface area contributed by atoms with Crippen molar-refractivity contribution in [1.29, 1.82) is 0 Å². The Kier molecular flexibility index (Phi) is 4.43. The first-order valence-electron chi connectivity index (χ1n) is 6.03. The molecule has 0 heterocycles. The summed E-state index contributed by atoms with van der Waals surface area (Å²) in [6, 6.07) is 0. The van der Waals surface area contributed by atoms with Gasteiger partial charge in [-0.15, -0.1) is 0 Å². The van der Waals surface area contributed by atoms with Crippen molar-refractivity contribution in [3.8, 4) is 0 Å². The monoisotopic (exact) mass is 198 g/mol. The van der Waals surface area contributed by atoms with Crippen LogP contribution < -0.4 is 0 Å². The van der Waals surface area contributed by atoms with Gasteiger partial charge in [0.05, 0.1) is 0 Å². The fourth-order valence-electron chi connectivity index (χ4n) is 2.64. The van der Waals surface area contributed by atoms with Crippen LogP contribution in [0.4, 0.5) is 0 Å². The van der Waals surface area contributed by atoms with E-state index in [-0.39, 0.29) is 0 Å². The predicted molar refractivity (Wildman–Crippen MR) is 61.4 cm³/mol. The van der Waals surface area contributed by atoms with Crippen molar-refractivity contribution in [3.05, 3.63) is 0 Å². The Morgan fingerprint density at radius 3 is 2.43 bits per heavy atom. The van der Waals surface area contributed by atoms with E-state index in [1.54, 1.807) is 7.11 Å². The van der Waals surface area contributed by atoms with Crippen LogP contribution in [0.2, 0.25) is 0 Å². The highest BCUT2D eigenvalue weighted by atomic mass is 16.5. The molecule has 84 valence electrons. The van der Waals surface area contributed by atoms with Gasteiger partial charge in [-0.1, -0.05) is 27.2 Å². The topological polar surface area (TPSA) is 9.23 Å². The van der Waals surface area contributed by atoms with Gasteiger partial charge in [0.2, 0.25) is 0 Å². The maximum atomic E-state index is 5.10. The third-order valence-corrected chi connectivity index (χ3v) is 3.73. The van der Waals surface area contributed by atoms with Crippen LogP contribution >= 0.6 is 0 Å². The summed E-state index contributed by atoms with van der Waals surface area (Å²) in [4.78, 5) is 0. The Morgan fingerprint density at radius 1 is 1.21 bits per heavy atom. The Balaban J connectivity index is 2.21. The molecule has 2 unspecified atom stereocenters. The molecular formula is C13H26O. The fraction of sp³-hybridized carbons (Fsp3) is 1.00. The normalized spacial score (nSPS) is 28.3. The van der Waals surface area contributed by atoms with Gasteiger partial charge in [0.25, 0.3) is 0 Å². The van der Waals surface area contributed by atoms with Gasteiger partial charge in [0.15, 0.2) is 0 Å². The van der Waals surface area contributed by atoms with Crippen molar-refractivity contribution in [1.82, 2.24) is 0 Å². The van der Waals surface area contributed by atoms with Gasteiger partial charge >= 0.3 is 0 Å². The second-order valence-corrected chi connectivity index (χ2v) is 5.88. The van der Waals surface area contributed by atoms with Crippen molar-refractivity contribution in [2.75, 3.05) is 13.7 Å². The van der Waals surface area contributed by atoms with Crippen LogP contribution in [0.25, 0.3) is 0 Å². The van der Waals surface area contributed by atoms with Gasteiger partial charge in [0.1, 0.15) is 0 Å². The lowest BCUT2D eigenvalue weighted by Crippen LogP contribution is -2.17. The minimum atomic E-state index is 0.524. The average Bonchev–Trinajstić information content (AvgIpc) is 2.52. The molecule has 0 spiro atoms. The SMILES string of the molecule is COCCCC1CCC(C(C)(C)C)C1. The molecule has 0 aromatic rings. The minimum absolute atomic E-state index is 0.524. The van der Waals surface area contributed by atoms with E-state index in [0.29, 0.717) is 5.41 Å². The molecule has 2 atom stereocenters. The molecule has 1 rings (SSSR count). The number of hydrogen-bond acceptors (Lipinski definition) is 1. The van der Waals surface area contributed by atoms with Gasteiger partial charge < -0.3 is 4.74 Å². The molecule has 0 N–H and O–H groups in total. The molecule has 1 aliphatic carbocycles. The summed E-state index contributed by atoms with van der Waals surface area (Å²) < 4.78 is 5.10. The van der Waals surface area contributed by atoms with Crippen LogP contribution in [0.3, 0.4) is 0 Å². The zero-order valence-corrected chi connectivity index (χ0v) is 10.3. The van der Waals surface area contributed by atoms with Crippen molar-refractivity contribution in [2.45, 2.75) is 52.9 Å². The molecule has 1 saturated carbocycles. The lowest BCUT2D eigenvalue weighted by Gasteiger charge is -2.26. The molecule has 0 radical (unpaired) electrons. The standard InChI is InChI=1S/C13H26O/c1-13(2,3)12-8-7-11(10-12)6-5-9-14-4/h11-12H,5-10H2,1-4H3. The molecular weight excluding hydrogens is 172 g/mol. The first kappa shape index (κ1) is 12.0. The second kappa shape index (κ2) is 5.16. The van der Waals surface area contributed by atoms with Crippen LogP contribution in [-0.4, -0.2) is 13.7 Å². The third-order valence-electron chi connectivity index (χ3n) is 3.73. The van der Waals surface area contributed by atoms with Crippen molar-refractivity contribution >= 4 is 0 Å². The molecule has 0 aliphatic heterocycles. The average molecular weight is 198 g/mol. The summed E-state index contributed by atoms with van der Waals surface area (Å²) in [7, 11) is 1.80. The van der Waals surface area contributed by atoms with E-state index in [9.17, 15) is 0 Å². The van der Waals surface area contributed by atoms with E-state index >= 15 is 0 Å². The van der Waals surface area contributed by atoms with E-state index in [1.165, 1.54) is 32.1 Å². The summed E-state index contributed by atoms with van der Waals surface area (Å²) in [6.45, 7) is 8.09. The summed E-state index contributed by atoms with van der Waals surface area (Å²) in [6.07, 6.45) is 6.97. The Labute approximate surface area is 89.2 Å². The van der Waals surface area contributed by atoms with E-state index in [2.05, 4.69) is 20.8 Å². The quantitative estimate of drug-likeness (QED) is 0.623. The molecule has 0 amide bonds. The van der Waals surface area contributed by atoms with Crippen molar-refractivity contribution in [2.24, 2.45) is 17.3 Å². The van der Waals surface area contributed by atoms with Crippen LogP contribution in [0.15, 0.2) is 0 Å². The Bertz CT molecular complexity index is 157. The molecule has 0 aromatic heterocycles. The van der Waals surface area contributed by atoms with Crippen LogP contribution in [0.1, 0.15) is 52.9 Å². The van der Waals surface area contributed by atoms with Gasteiger partial charge in [-0.05, 0) is 42.9 Å². The first-order valence-corrected chi connectivity index (χ1v) is 6.03. The molecule has 1 aliphatic rings. The van der Waals surface area contributed by atoms with Crippen molar-refractivity contribution < 1.29 is 4.74 Å². The molecule has 0 bridgehead atoms. The maximum Gasteiger partial charge on any atom is 0.0462 e. The number of rotatable bonds is 4. The minimum Gasteiger partial charge on any atom is -0.385 e. The largest absolute Gasteiger partial charge is 0.385 e. The van der Waals surface area contributed by atoms with E-state index in [4.69, 9.17) is 4.74 Å². The Morgan fingerprint density at radius 2 is 1.93 bits per heavy atom. The zero-order valence-electron chi connectivity index (χ0n) is 10.3. The maximum absolute atomic E-state index is 5.10. The summed E-state index contributed by atoms with van der Waals surface area (Å²) in [5.41, 5.74) is 0.524. The van der Waals surface area contributed by atoms with Gasteiger partial charge in [-0.3, -0.25) is 0 Å². The highest BCUT2D eigenvalue weighted by Crippen LogP contribution is 2.43. The third kappa shape index (κ3) is 3.61. The van der Waals surface area contributed by atoms with E-state index < -0.39 is 0 Å². The predicted octanol–water partition coefficient (Wildman–Crippen LogP) is 3.88. The summed E-state index contributed by atoms with van der Waals surface area (Å²) >= 11 is 0. The lowest BCUT2D eigenvalue weighted by atomic mass is 9.79. The number of ether oxygens (including phenoxy) is 1. The van der Waals surface area contributed by atoms with Crippen LogP contribution in [0.5, 0.6) is 0 Å². The summed E-state index contributed by atoms with van der Waals surface area (Å²) in [5.74, 6) is 1.93. The first-order chi connectivity index (χ1) is 6.54. The molecule has 1 heteroatoms. The highest BCUT2D eigenvalue weighted by Gasteiger charge is 2.32. The smallest absolute Gasteiger partial charge is 0.0462 e. The van der Waals surface area contributed by atoms with Gasteiger partial charge in [-0.2, -0.15) is 0 Å².